The molecule has 5 rings (SSSR count). The van der Waals surface area contributed by atoms with Gasteiger partial charge in [-0.1, -0.05) is 67.4 Å². The second-order valence-electron chi connectivity index (χ2n) is 7.94. The van der Waals surface area contributed by atoms with Crippen molar-refractivity contribution < 1.29 is 18.7 Å². The molecule has 0 radical (unpaired) electrons. The number of ketones is 1. The molecular weight excluding hydrogens is 412 g/mol. The summed E-state index contributed by atoms with van der Waals surface area (Å²) in [6, 6.07) is 15.6. The Labute approximate surface area is 185 Å². The molecule has 0 saturated heterocycles. The van der Waals surface area contributed by atoms with Crippen LogP contribution in [0, 0.1) is 0 Å². The number of benzene rings is 2. The minimum Gasteiger partial charge on any atom is -0.485 e. The van der Waals surface area contributed by atoms with Crippen molar-refractivity contribution >= 4 is 17.5 Å². The van der Waals surface area contributed by atoms with E-state index in [1.165, 1.54) is 49.4 Å². The summed E-state index contributed by atoms with van der Waals surface area (Å²) in [5.74, 6) is 2.63. The zero-order valence-corrected chi connectivity index (χ0v) is 18.0. The molecule has 2 aromatic carbocycles. The number of carbonyl (C=O) groups excluding carboxylic acids is 1. The molecule has 1 aromatic heterocycles. The van der Waals surface area contributed by atoms with E-state index in [0.29, 0.717) is 40.7 Å². The summed E-state index contributed by atoms with van der Waals surface area (Å²) in [5.41, 5.74) is 2.06. The highest BCUT2D eigenvalue weighted by molar-refractivity contribution is 7.99. The lowest BCUT2D eigenvalue weighted by Gasteiger charge is -2.23. The molecule has 0 amide bonds. The van der Waals surface area contributed by atoms with Gasteiger partial charge in [0.25, 0.3) is 11.1 Å². The quantitative estimate of drug-likeness (QED) is 0.367. The SMILES string of the molecule is O=C(CSc1nnc([C@@H]2COc3ccccc3O2)o1)c1ccc(C2CCCCC2)cc1. The summed E-state index contributed by atoms with van der Waals surface area (Å²) in [7, 11) is 0. The normalized spacial score (nSPS) is 18.6. The number of thioether (sulfide) groups is 1. The highest BCUT2D eigenvalue weighted by atomic mass is 32.2. The standard InChI is InChI=1S/C24H24N2O4S/c27-19(18-12-10-17(11-13-18)16-6-2-1-3-7-16)15-31-24-26-25-23(30-24)22-14-28-20-8-4-5-9-21(20)29-22/h4-5,8-13,16,22H,1-3,6-7,14-15H2/t22-/m0/s1. The van der Waals surface area contributed by atoms with E-state index in [9.17, 15) is 4.79 Å². The molecule has 1 atom stereocenters. The van der Waals surface area contributed by atoms with E-state index >= 15 is 0 Å². The maximum atomic E-state index is 12.6. The van der Waals surface area contributed by atoms with Gasteiger partial charge in [-0.15, -0.1) is 10.2 Å². The second-order valence-corrected chi connectivity index (χ2v) is 8.87. The van der Waals surface area contributed by atoms with E-state index < -0.39 is 6.10 Å². The van der Waals surface area contributed by atoms with Crippen LogP contribution in [0.2, 0.25) is 0 Å². The topological polar surface area (TPSA) is 74.5 Å². The van der Waals surface area contributed by atoms with Crippen LogP contribution in [0.1, 0.15) is 65.9 Å². The fourth-order valence-electron chi connectivity index (χ4n) is 4.14. The average molecular weight is 437 g/mol. The smallest absolute Gasteiger partial charge is 0.277 e. The van der Waals surface area contributed by atoms with Crippen LogP contribution >= 0.6 is 11.8 Å². The fraction of sp³-hybridized carbons (Fsp3) is 0.375. The molecule has 1 fully saturated rings. The highest BCUT2D eigenvalue weighted by Gasteiger charge is 2.27. The van der Waals surface area contributed by atoms with Gasteiger partial charge in [0.1, 0.15) is 6.61 Å². The van der Waals surface area contributed by atoms with E-state index in [0.717, 1.165) is 0 Å². The van der Waals surface area contributed by atoms with Crippen LogP contribution in [0.4, 0.5) is 0 Å². The number of para-hydroxylation sites is 2. The molecule has 2 heterocycles. The first-order chi connectivity index (χ1) is 15.3. The molecule has 2 aliphatic rings. The molecule has 160 valence electrons. The predicted octanol–water partition coefficient (Wildman–Crippen LogP) is 5.60. The average Bonchev–Trinajstić information content (AvgIpc) is 3.32. The van der Waals surface area contributed by atoms with Gasteiger partial charge in [-0.25, -0.2) is 0 Å². The van der Waals surface area contributed by atoms with E-state index in [1.807, 2.05) is 36.4 Å². The van der Waals surface area contributed by atoms with Crippen LogP contribution in [0.5, 0.6) is 11.5 Å². The molecule has 0 spiro atoms. The van der Waals surface area contributed by atoms with Crippen molar-refractivity contribution in [3.8, 4) is 11.5 Å². The summed E-state index contributed by atoms with van der Waals surface area (Å²) in [5, 5.41) is 8.47. The Kier molecular flexibility index (Phi) is 5.93. The number of fused-ring (bicyclic) bond motifs is 1. The van der Waals surface area contributed by atoms with Crippen molar-refractivity contribution in [1.29, 1.82) is 0 Å². The molecule has 0 N–H and O–H groups in total. The first-order valence-electron chi connectivity index (χ1n) is 10.7. The molecule has 7 heteroatoms. The summed E-state index contributed by atoms with van der Waals surface area (Å²) >= 11 is 1.24. The monoisotopic (exact) mass is 436 g/mol. The van der Waals surface area contributed by atoms with E-state index in [1.54, 1.807) is 0 Å². The summed E-state index contributed by atoms with van der Waals surface area (Å²) in [4.78, 5) is 12.6. The highest BCUT2D eigenvalue weighted by Crippen LogP contribution is 2.36. The molecule has 1 aliphatic heterocycles. The Morgan fingerprint density at radius 1 is 0.968 bits per heavy atom. The molecule has 0 bridgehead atoms. The number of ether oxygens (including phenoxy) is 2. The van der Waals surface area contributed by atoms with Crippen molar-refractivity contribution in [2.45, 2.75) is 49.3 Å². The Morgan fingerprint density at radius 2 is 1.74 bits per heavy atom. The number of rotatable bonds is 6. The molecule has 1 aliphatic carbocycles. The van der Waals surface area contributed by atoms with Crippen LogP contribution < -0.4 is 9.47 Å². The van der Waals surface area contributed by atoms with Gasteiger partial charge in [-0.2, -0.15) is 0 Å². The number of aromatic nitrogens is 2. The summed E-state index contributed by atoms with van der Waals surface area (Å²) < 4.78 is 17.3. The second kappa shape index (κ2) is 9.14. The fourth-order valence-corrected chi connectivity index (χ4v) is 4.80. The van der Waals surface area contributed by atoms with Crippen LogP contribution in [-0.2, 0) is 0 Å². The lowest BCUT2D eigenvalue weighted by Crippen LogP contribution is -2.21. The Balaban J connectivity index is 1.16. The van der Waals surface area contributed by atoms with Crippen LogP contribution in [-0.4, -0.2) is 28.3 Å². The maximum absolute atomic E-state index is 12.6. The number of nitrogens with zero attached hydrogens (tertiary/aromatic N) is 2. The molecule has 6 nitrogen and oxygen atoms in total. The van der Waals surface area contributed by atoms with E-state index in [4.69, 9.17) is 13.9 Å². The van der Waals surface area contributed by atoms with Gasteiger partial charge in [0, 0.05) is 5.56 Å². The third kappa shape index (κ3) is 4.61. The van der Waals surface area contributed by atoms with Crippen LogP contribution in [0.15, 0.2) is 58.2 Å². The molecule has 1 saturated carbocycles. The van der Waals surface area contributed by atoms with Crippen molar-refractivity contribution in [3.05, 3.63) is 65.5 Å². The molecule has 0 unspecified atom stereocenters. The van der Waals surface area contributed by atoms with Crippen LogP contribution in [0.3, 0.4) is 0 Å². The number of hydrogen-bond donors (Lipinski definition) is 0. The van der Waals surface area contributed by atoms with Gasteiger partial charge >= 0.3 is 0 Å². The third-order valence-electron chi connectivity index (χ3n) is 5.84. The van der Waals surface area contributed by atoms with Gasteiger partial charge < -0.3 is 13.9 Å². The molecule has 31 heavy (non-hydrogen) atoms. The minimum absolute atomic E-state index is 0.0473. The first kappa shape index (κ1) is 20.1. The van der Waals surface area contributed by atoms with Gasteiger partial charge in [-0.05, 0) is 36.5 Å². The minimum atomic E-state index is -0.459. The van der Waals surface area contributed by atoms with Crippen molar-refractivity contribution in [2.24, 2.45) is 0 Å². The lowest BCUT2D eigenvalue weighted by molar-refractivity contribution is 0.0686. The van der Waals surface area contributed by atoms with E-state index in [-0.39, 0.29) is 11.5 Å². The van der Waals surface area contributed by atoms with Crippen molar-refractivity contribution in [1.82, 2.24) is 10.2 Å². The zero-order chi connectivity index (χ0) is 21.0. The largest absolute Gasteiger partial charge is 0.485 e. The predicted molar refractivity (Wildman–Crippen MR) is 117 cm³/mol. The molecule has 3 aromatic rings. The lowest BCUT2D eigenvalue weighted by atomic mass is 9.84. The Morgan fingerprint density at radius 3 is 2.55 bits per heavy atom. The number of hydrogen-bond acceptors (Lipinski definition) is 7. The summed E-state index contributed by atoms with van der Waals surface area (Å²) in [6.07, 6.45) is 6.00. The van der Waals surface area contributed by atoms with E-state index in [2.05, 4.69) is 22.3 Å². The number of carbonyl (C=O) groups is 1. The zero-order valence-electron chi connectivity index (χ0n) is 17.2. The first-order valence-corrected chi connectivity index (χ1v) is 11.7. The van der Waals surface area contributed by atoms with Gasteiger partial charge in [0.2, 0.25) is 6.10 Å². The van der Waals surface area contributed by atoms with Gasteiger partial charge in [0.15, 0.2) is 17.3 Å². The number of Topliss-reactive ketones (excluding diaryl/α,β-unsaturated/α-hetero) is 1. The van der Waals surface area contributed by atoms with Crippen molar-refractivity contribution in [3.63, 3.8) is 0 Å². The Hall–Kier alpha value is -2.80. The third-order valence-corrected chi connectivity index (χ3v) is 6.66. The van der Waals surface area contributed by atoms with Crippen LogP contribution in [0.25, 0.3) is 0 Å². The molecular formula is C24H24N2O4S. The van der Waals surface area contributed by atoms with Gasteiger partial charge in [-0.3, -0.25) is 4.79 Å². The van der Waals surface area contributed by atoms with Gasteiger partial charge in [0.05, 0.1) is 5.75 Å². The Bertz CT molecular complexity index is 1040. The maximum Gasteiger partial charge on any atom is 0.277 e. The summed E-state index contributed by atoms with van der Waals surface area (Å²) in [6.45, 7) is 0.301. The van der Waals surface area contributed by atoms with Crippen molar-refractivity contribution in [2.75, 3.05) is 12.4 Å².